The van der Waals surface area contributed by atoms with Crippen molar-refractivity contribution in [1.29, 1.82) is 0 Å². The highest BCUT2D eigenvalue weighted by Crippen LogP contribution is 2.33. The largest absolute Gasteiger partial charge is 0.278 e. The molecule has 9 aromatic carbocycles. The van der Waals surface area contributed by atoms with Gasteiger partial charge in [0.25, 0.3) is 0 Å². The molecule has 5 heterocycles. The third-order valence-corrected chi connectivity index (χ3v) is 18.3. The fraction of sp³-hybridized carbons (Fsp3) is 0. The smallest absolute Gasteiger partial charge is 0.241 e. The second kappa shape index (κ2) is 15.4. The van der Waals surface area contributed by atoms with Crippen molar-refractivity contribution >= 4 is 84.5 Å². The predicted molar refractivity (Wildman–Crippen MR) is 280 cm³/mol. The number of benzene rings is 9. The number of aromatic nitrogens is 9. The first-order chi connectivity index (χ1) is 34.2. The number of rotatable bonds is 8. The van der Waals surface area contributed by atoms with Crippen LogP contribution in [0.1, 0.15) is 0 Å². The molecule has 0 atom stereocenters. The highest BCUT2D eigenvalue weighted by molar-refractivity contribution is 7.19. The number of para-hydroxylation sites is 8. The number of nitrogens with zero attached hydrogens (tertiary/aromatic N) is 9. The van der Waals surface area contributed by atoms with E-state index >= 15 is 0 Å². The van der Waals surface area contributed by atoms with Gasteiger partial charge in [-0.3, -0.25) is 13.4 Å². The summed E-state index contributed by atoms with van der Waals surface area (Å²) in [6, 6.07) is 83.7. The molecule has 5 aromatic heterocycles. The van der Waals surface area contributed by atoms with Crippen LogP contribution in [0.15, 0.2) is 237 Å². The minimum Gasteiger partial charge on any atom is -0.278 e. The average Bonchev–Trinajstić information content (AvgIpc) is 4.17. The van der Waals surface area contributed by atoms with E-state index in [0.717, 1.165) is 72.5 Å². The molecular weight excluding hydrogens is 863 g/mol. The number of fused-ring (bicyclic) bond motifs is 10. The Morgan fingerprint density at radius 2 is 0.696 bits per heavy atom. The lowest BCUT2D eigenvalue weighted by Gasteiger charge is -2.34. The Bertz CT molecular complexity index is 4170. The molecule has 0 spiro atoms. The summed E-state index contributed by atoms with van der Waals surface area (Å²) < 4.78 is 8.74. The van der Waals surface area contributed by atoms with E-state index < -0.39 is 8.07 Å². The molecular formula is C59H39N9Si. The minimum absolute atomic E-state index is 0.471. The van der Waals surface area contributed by atoms with Crippen LogP contribution in [0.3, 0.4) is 0 Å². The quantitative estimate of drug-likeness (QED) is 0.112. The summed E-state index contributed by atoms with van der Waals surface area (Å²) in [4.78, 5) is 26.7. The first-order valence-corrected chi connectivity index (χ1v) is 25.1. The molecule has 10 heteroatoms. The van der Waals surface area contributed by atoms with Gasteiger partial charge in [-0.05, 0) is 81.4 Å². The zero-order valence-electron chi connectivity index (χ0n) is 37.0. The molecule has 0 unspecified atom stereocenters. The Labute approximate surface area is 396 Å². The lowest BCUT2D eigenvalue weighted by atomic mass is 10.1. The van der Waals surface area contributed by atoms with Crippen LogP contribution >= 0.6 is 0 Å². The zero-order valence-corrected chi connectivity index (χ0v) is 38.0. The van der Waals surface area contributed by atoms with Gasteiger partial charge >= 0.3 is 0 Å². The van der Waals surface area contributed by atoms with Gasteiger partial charge in [-0.15, -0.1) is 0 Å². The van der Waals surface area contributed by atoms with Crippen molar-refractivity contribution in [1.82, 2.24) is 42.9 Å². The third-order valence-electron chi connectivity index (χ3n) is 13.6. The lowest BCUT2D eigenvalue weighted by molar-refractivity contribution is 0.937. The van der Waals surface area contributed by atoms with E-state index in [2.05, 4.69) is 242 Å². The molecule has 14 aromatic rings. The lowest BCUT2D eigenvalue weighted by Crippen LogP contribution is -2.74. The van der Waals surface area contributed by atoms with Crippen LogP contribution in [0.25, 0.3) is 90.1 Å². The summed E-state index contributed by atoms with van der Waals surface area (Å²) >= 11 is 0. The van der Waals surface area contributed by atoms with Gasteiger partial charge in [0.2, 0.25) is 17.5 Å². The van der Waals surface area contributed by atoms with Gasteiger partial charge in [-0.2, -0.15) is 9.97 Å². The van der Waals surface area contributed by atoms with E-state index in [0.29, 0.717) is 17.6 Å². The standard InChI is InChI=1S/C59H39N9Si/c1-4-23-43(24-5-1)69(44-25-6-2-7-26-44,45-27-8-3-9-28-45)46-29-19-21-41(39-46)56-62-55(63-57(64-56)68-54-37-17-16-36-53(54)67-50-33-13-11-31-48(50)61-59(67)68)40-20-18-22-42(38-40)65-51-34-14-15-35-52(51)66-49-32-12-10-30-47(49)60-58(65)66/h1-39H. The molecule has 0 aliphatic carbocycles. The Morgan fingerprint density at radius 3 is 1.23 bits per heavy atom. The van der Waals surface area contributed by atoms with Crippen LogP contribution in [-0.2, 0) is 0 Å². The maximum atomic E-state index is 5.45. The number of imidazole rings is 4. The highest BCUT2D eigenvalue weighted by atomic mass is 28.3. The molecule has 9 nitrogen and oxygen atoms in total. The highest BCUT2D eigenvalue weighted by Gasteiger charge is 2.41. The number of hydrogen-bond acceptors (Lipinski definition) is 5. The van der Waals surface area contributed by atoms with Gasteiger partial charge in [0.05, 0.1) is 44.1 Å². The Balaban J connectivity index is 1.03. The first-order valence-electron chi connectivity index (χ1n) is 23.1. The van der Waals surface area contributed by atoms with E-state index in [-0.39, 0.29) is 0 Å². The van der Waals surface area contributed by atoms with E-state index in [9.17, 15) is 0 Å². The van der Waals surface area contributed by atoms with Crippen molar-refractivity contribution in [2.75, 3.05) is 0 Å². The predicted octanol–water partition coefficient (Wildman–Crippen LogP) is 10.1. The topological polar surface area (TPSA) is 83.1 Å². The van der Waals surface area contributed by atoms with Gasteiger partial charge in [-0.25, -0.2) is 19.5 Å². The number of hydrogen-bond donors (Lipinski definition) is 0. The molecule has 0 saturated carbocycles. The van der Waals surface area contributed by atoms with Gasteiger partial charge in [-0.1, -0.05) is 176 Å². The monoisotopic (exact) mass is 901 g/mol. The molecule has 0 radical (unpaired) electrons. The van der Waals surface area contributed by atoms with Gasteiger partial charge in [0.1, 0.15) is 0 Å². The summed E-state index contributed by atoms with van der Waals surface area (Å²) in [7, 11) is -2.90. The molecule has 0 aliphatic heterocycles. The van der Waals surface area contributed by atoms with Crippen LogP contribution < -0.4 is 20.7 Å². The molecule has 0 fully saturated rings. The van der Waals surface area contributed by atoms with Crippen LogP contribution in [0, 0.1) is 0 Å². The first kappa shape index (κ1) is 39.0. The van der Waals surface area contributed by atoms with Gasteiger partial charge < -0.3 is 0 Å². The van der Waals surface area contributed by atoms with E-state index in [4.69, 9.17) is 24.9 Å². The molecule has 0 saturated heterocycles. The second-order valence-electron chi connectivity index (χ2n) is 17.4. The molecule has 324 valence electrons. The SMILES string of the molecule is c1ccc([Si](c2ccccc2)(c2ccccc2)c2cccc(-c3nc(-c4cccc(-n5c6ccccc6n6c7ccccc7nc56)c4)nc(-n4c5ccccc5n5c6ccccc6nc45)n3)c2)cc1. The van der Waals surface area contributed by atoms with Crippen LogP contribution in [-0.4, -0.2) is 50.9 Å². The molecule has 0 bridgehead atoms. The summed E-state index contributed by atoms with van der Waals surface area (Å²) in [5.41, 5.74) is 10.6. The van der Waals surface area contributed by atoms with Crippen molar-refractivity contribution in [3.05, 3.63) is 237 Å². The Kier molecular flexibility index (Phi) is 8.70. The van der Waals surface area contributed by atoms with Crippen LogP contribution in [0.5, 0.6) is 0 Å². The molecule has 0 N–H and O–H groups in total. The van der Waals surface area contributed by atoms with Crippen LogP contribution in [0.2, 0.25) is 0 Å². The van der Waals surface area contributed by atoms with Gasteiger partial charge in [0.15, 0.2) is 19.7 Å². The fourth-order valence-electron chi connectivity index (χ4n) is 10.6. The van der Waals surface area contributed by atoms with Crippen molar-refractivity contribution < 1.29 is 0 Å². The van der Waals surface area contributed by atoms with E-state index in [1.54, 1.807) is 0 Å². The average molecular weight is 902 g/mol. The summed E-state index contributed by atoms with van der Waals surface area (Å²) in [5, 5.41) is 5.09. The van der Waals surface area contributed by atoms with E-state index in [1.807, 2.05) is 12.1 Å². The maximum absolute atomic E-state index is 5.45. The Hall–Kier alpha value is -9.25. The van der Waals surface area contributed by atoms with Crippen LogP contribution in [0.4, 0.5) is 0 Å². The minimum atomic E-state index is -2.90. The summed E-state index contributed by atoms with van der Waals surface area (Å²) in [6.45, 7) is 0. The third kappa shape index (κ3) is 5.92. The second-order valence-corrected chi connectivity index (χ2v) is 21.2. The van der Waals surface area contributed by atoms with Crippen molar-refractivity contribution in [2.24, 2.45) is 0 Å². The van der Waals surface area contributed by atoms with Crippen molar-refractivity contribution in [3.63, 3.8) is 0 Å². The molecule has 0 aliphatic rings. The van der Waals surface area contributed by atoms with Crippen molar-refractivity contribution in [3.8, 4) is 34.4 Å². The fourth-order valence-corrected chi connectivity index (χ4v) is 15.4. The Morgan fingerprint density at radius 1 is 0.290 bits per heavy atom. The zero-order chi connectivity index (χ0) is 45.5. The molecule has 14 rings (SSSR count). The van der Waals surface area contributed by atoms with E-state index in [1.165, 1.54) is 20.7 Å². The summed E-state index contributed by atoms with van der Waals surface area (Å²) in [5.74, 6) is 3.11. The van der Waals surface area contributed by atoms with Gasteiger partial charge in [0, 0.05) is 16.8 Å². The molecule has 69 heavy (non-hydrogen) atoms. The molecule has 0 amide bonds. The van der Waals surface area contributed by atoms with Crippen molar-refractivity contribution in [2.45, 2.75) is 0 Å². The summed E-state index contributed by atoms with van der Waals surface area (Å²) in [6.07, 6.45) is 0. The maximum Gasteiger partial charge on any atom is 0.241 e. The normalized spacial score (nSPS) is 12.1.